The first-order valence-electron chi connectivity index (χ1n) is 8.29. The lowest BCUT2D eigenvalue weighted by atomic mass is 10.1. The average Bonchev–Trinajstić information content (AvgIpc) is 2.86. The van der Waals surface area contributed by atoms with Crippen molar-refractivity contribution in [1.29, 1.82) is 0 Å². The van der Waals surface area contributed by atoms with Crippen molar-refractivity contribution in [3.05, 3.63) is 64.7 Å². The van der Waals surface area contributed by atoms with Gasteiger partial charge in [-0.2, -0.15) is 0 Å². The van der Waals surface area contributed by atoms with Crippen molar-refractivity contribution >= 4 is 23.5 Å². The predicted molar refractivity (Wildman–Crippen MR) is 94.0 cm³/mol. The van der Waals surface area contributed by atoms with E-state index in [1.807, 2.05) is 26.0 Å². The number of unbranched alkanes of at least 4 members (excludes halogenated alkanes) is 1. The number of fused-ring (bicyclic) bond motifs is 1. The van der Waals surface area contributed by atoms with E-state index in [1.54, 1.807) is 12.1 Å². The van der Waals surface area contributed by atoms with Crippen LogP contribution in [0.3, 0.4) is 0 Å². The SMILES string of the molecule is CCCCOC(=O)c1ccc2c(c1)C(=O)N(c1ccc(C)cc1)C2=O. The van der Waals surface area contributed by atoms with Crippen LogP contribution < -0.4 is 4.90 Å². The maximum absolute atomic E-state index is 12.7. The number of rotatable bonds is 5. The van der Waals surface area contributed by atoms with E-state index >= 15 is 0 Å². The standard InChI is InChI=1S/C20H19NO4/c1-3-4-11-25-20(24)14-7-10-16-17(12-14)19(23)21(18(16)22)15-8-5-13(2)6-9-15/h5-10,12H,3-4,11H2,1-2H3. The zero-order chi connectivity index (χ0) is 18.0. The van der Waals surface area contributed by atoms with E-state index in [0.29, 0.717) is 17.9 Å². The molecule has 1 aliphatic rings. The van der Waals surface area contributed by atoms with Gasteiger partial charge < -0.3 is 4.74 Å². The fourth-order valence-corrected chi connectivity index (χ4v) is 2.69. The third-order valence-corrected chi connectivity index (χ3v) is 4.15. The quantitative estimate of drug-likeness (QED) is 0.473. The van der Waals surface area contributed by atoms with Gasteiger partial charge in [0.05, 0.1) is 29.0 Å². The summed E-state index contributed by atoms with van der Waals surface area (Å²) in [7, 11) is 0. The lowest BCUT2D eigenvalue weighted by Gasteiger charge is -2.13. The Bertz CT molecular complexity index is 839. The molecular weight excluding hydrogens is 318 g/mol. The molecule has 0 aromatic heterocycles. The molecule has 0 atom stereocenters. The Labute approximate surface area is 146 Å². The van der Waals surface area contributed by atoms with E-state index in [-0.39, 0.29) is 17.0 Å². The molecule has 2 aromatic rings. The third-order valence-electron chi connectivity index (χ3n) is 4.15. The van der Waals surface area contributed by atoms with E-state index in [0.717, 1.165) is 23.3 Å². The van der Waals surface area contributed by atoms with Crippen LogP contribution in [0.4, 0.5) is 5.69 Å². The molecule has 1 aliphatic heterocycles. The van der Waals surface area contributed by atoms with Crippen LogP contribution >= 0.6 is 0 Å². The van der Waals surface area contributed by atoms with Crippen molar-refractivity contribution in [1.82, 2.24) is 0 Å². The molecule has 128 valence electrons. The number of hydrogen-bond donors (Lipinski definition) is 0. The maximum atomic E-state index is 12.7. The first-order chi connectivity index (χ1) is 12.0. The number of benzene rings is 2. The van der Waals surface area contributed by atoms with Crippen molar-refractivity contribution in [3.8, 4) is 0 Å². The van der Waals surface area contributed by atoms with Crippen LogP contribution in [0.25, 0.3) is 0 Å². The van der Waals surface area contributed by atoms with Crippen LogP contribution in [0, 0.1) is 6.92 Å². The Morgan fingerprint density at radius 1 is 1.00 bits per heavy atom. The number of ether oxygens (including phenoxy) is 1. The van der Waals surface area contributed by atoms with Gasteiger partial charge in [0, 0.05) is 0 Å². The zero-order valence-corrected chi connectivity index (χ0v) is 14.2. The topological polar surface area (TPSA) is 63.7 Å². The van der Waals surface area contributed by atoms with Gasteiger partial charge in [-0.15, -0.1) is 0 Å². The highest BCUT2D eigenvalue weighted by Gasteiger charge is 2.37. The van der Waals surface area contributed by atoms with E-state index in [9.17, 15) is 14.4 Å². The van der Waals surface area contributed by atoms with Crippen molar-refractivity contribution in [2.24, 2.45) is 0 Å². The molecule has 0 spiro atoms. The number of imide groups is 1. The number of carbonyl (C=O) groups is 3. The Kier molecular flexibility index (Phi) is 4.65. The largest absolute Gasteiger partial charge is 0.462 e. The molecular formula is C20H19NO4. The molecule has 0 bridgehead atoms. The van der Waals surface area contributed by atoms with Gasteiger partial charge in [-0.25, -0.2) is 9.69 Å². The minimum absolute atomic E-state index is 0.232. The predicted octanol–water partition coefficient (Wildman–Crippen LogP) is 3.75. The van der Waals surface area contributed by atoms with E-state index in [2.05, 4.69) is 0 Å². The van der Waals surface area contributed by atoms with Crippen LogP contribution in [0.5, 0.6) is 0 Å². The van der Waals surface area contributed by atoms with E-state index in [4.69, 9.17) is 4.74 Å². The van der Waals surface area contributed by atoms with Crippen LogP contribution in [0.1, 0.15) is 56.4 Å². The summed E-state index contributed by atoms with van der Waals surface area (Å²) in [6.07, 6.45) is 1.71. The van der Waals surface area contributed by atoms with E-state index in [1.165, 1.54) is 18.2 Å². The first kappa shape index (κ1) is 16.9. The molecule has 0 aliphatic carbocycles. The highest BCUT2D eigenvalue weighted by molar-refractivity contribution is 6.34. The summed E-state index contributed by atoms with van der Waals surface area (Å²) in [4.78, 5) is 38.5. The number of hydrogen-bond acceptors (Lipinski definition) is 4. The number of esters is 1. The summed E-state index contributed by atoms with van der Waals surface area (Å²) in [6, 6.07) is 11.6. The Morgan fingerprint density at radius 2 is 1.68 bits per heavy atom. The monoisotopic (exact) mass is 337 g/mol. The lowest BCUT2D eigenvalue weighted by molar-refractivity contribution is 0.0499. The number of amides is 2. The molecule has 1 heterocycles. The summed E-state index contributed by atoms with van der Waals surface area (Å²) >= 11 is 0. The fraction of sp³-hybridized carbons (Fsp3) is 0.250. The number of carbonyl (C=O) groups excluding carboxylic acids is 3. The van der Waals surface area contributed by atoms with Gasteiger partial charge in [0.2, 0.25) is 0 Å². The Hall–Kier alpha value is -2.95. The molecule has 0 radical (unpaired) electrons. The Morgan fingerprint density at radius 3 is 2.36 bits per heavy atom. The number of nitrogens with zero attached hydrogens (tertiary/aromatic N) is 1. The van der Waals surface area contributed by atoms with Crippen molar-refractivity contribution in [2.75, 3.05) is 11.5 Å². The van der Waals surface area contributed by atoms with Crippen LogP contribution in [-0.2, 0) is 4.74 Å². The zero-order valence-electron chi connectivity index (χ0n) is 14.2. The first-order valence-corrected chi connectivity index (χ1v) is 8.29. The van der Waals surface area contributed by atoms with Gasteiger partial charge in [-0.3, -0.25) is 9.59 Å². The van der Waals surface area contributed by atoms with Gasteiger partial charge in [-0.1, -0.05) is 31.0 Å². The van der Waals surface area contributed by atoms with Crippen molar-refractivity contribution in [2.45, 2.75) is 26.7 Å². The molecule has 0 saturated carbocycles. The van der Waals surface area contributed by atoms with Crippen molar-refractivity contribution in [3.63, 3.8) is 0 Å². The molecule has 2 amide bonds. The molecule has 2 aromatic carbocycles. The number of aryl methyl sites for hydroxylation is 1. The van der Waals surface area contributed by atoms with Crippen LogP contribution in [0.2, 0.25) is 0 Å². The van der Waals surface area contributed by atoms with Gasteiger partial charge in [-0.05, 0) is 43.7 Å². The summed E-state index contributed by atoms with van der Waals surface area (Å²) in [5.41, 5.74) is 2.37. The second-order valence-corrected chi connectivity index (χ2v) is 6.03. The summed E-state index contributed by atoms with van der Waals surface area (Å²) in [6.45, 7) is 4.28. The van der Waals surface area contributed by atoms with Gasteiger partial charge in [0.1, 0.15) is 0 Å². The second-order valence-electron chi connectivity index (χ2n) is 6.03. The maximum Gasteiger partial charge on any atom is 0.338 e. The second kappa shape index (κ2) is 6.89. The minimum atomic E-state index is -0.481. The molecule has 0 fully saturated rings. The highest BCUT2D eigenvalue weighted by atomic mass is 16.5. The van der Waals surface area contributed by atoms with Gasteiger partial charge >= 0.3 is 5.97 Å². The molecule has 0 unspecified atom stereocenters. The normalized spacial score (nSPS) is 13.1. The highest BCUT2D eigenvalue weighted by Crippen LogP contribution is 2.29. The fourth-order valence-electron chi connectivity index (χ4n) is 2.69. The molecule has 5 nitrogen and oxygen atoms in total. The molecule has 25 heavy (non-hydrogen) atoms. The summed E-state index contributed by atoms with van der Waals surface area (Å²) in [5, 5.41) is 0. The minimum Gasteiger partial charge on any atom is -0.462 e. The molecule has 0 N–H and O–H groups in total. The Balaban J connectivity index is 1.88. The average molecular weight is 337 g/mol. The third kappa shape index (κ3) is 3.18. The summed E-state index contributed by atoms with van der Waals surface area (Å²) in [5.74, 6) is -1.29. The molecule has 3 rings (SSSR count). The smallest absolute Gasteiger partial charge is 0.338 e. The van der Waals surface area contributed by atoms with Crippen LogP contribution in [-0.4, -0.2) is 24.4 Å². The number of anilines is 1. The lowest BCUT2D eigenvalue weighted by Crippen LogP contribution is -2.29. The van der Waals surface area contributed by atoms with Crippen LogP contribution in [0.15, 0.2) is 42.5 Å². The molecule has 0 saturated heterocycles. The van der Waals surface area contributed by atoms with Gasteiger partial charge in [0.15, 0.2) is 0 Å². The molecule has 5 heteroatoms. The van der Waals surface area contributed by atoms with Crippen molar-refractivity contribution < 1.29 is 19.1 Å². The van der Waals surface area contributed by atoms with Gasteiger partial charge in [0.25, 0.3) is 11.8 Å². The summed E-state index contributed by atoms with van der Waals surface area (Å²) < 4.78 is 5.17. The van der Waals surface area contributed by atoms with E-state index < -0.39 is 11.9 Å².